The number of benzene rings is 2. The van der Waals surface area contributed by atoms with Crippen molar-refractivity contribution in [2.45, 2.75) is 49.5 Å². The predicted octanol–water partition coefficient (Wildman–Crippen LogP) is 2.43. The first-order valence-electron chi connectivity index (χ1n) is 10.4. The summed E-state index contributed by atoms with van der Waals surface area (Å²) in [6.07, 6.45) is 0.616. The number of phenolic OH excluding ortho intramolecular Hbond substituents is 1. The van der Waals surface area contributed by atoms with Gasteiger partial charge in [-0.15, -0.1) is 6.58 Å². The third kappa shape index (κ3) is 5.09. The number of aliphatic hydroxyl groups excluding tert-OH is 2. The van der Waals surface area contributed by atoms with Crippen LogP contribution in [0.15, 0.2) is 67.3 Å². The SMILES string of the molecule is C=CC(/C=C\c1ccc(O)cc1)c1ccc(O[C@H]2[C@H](O)C(O)[C@@](C)(O)OC2(C)C(=O)O)cc1. The molecule has 0 bridgehead atoms. The number of hydrogen-bond acceptors (Lipinski definition) is 7. The number of aliphatic carboxylic acids is 1. The fraction of sp³-hybridized carbons (Fsp3) is 0.320. The first-order chi connectivity index (χ1) is 15.5. The minimum atomic E-state index is -2.27. The Hall–Kier alpha value is -3.17. The maximum Gasteiger partial charge on any atom is 0.339 e. The smallest absolute Gasteiger partial charge is 0.339 e. The van der Waals surface area contributed by atoms with E-state index < -0.39 is 35.7 Å². The number of carboxylic acids is 1. The minimum Gasteiger partial charge on any atom is -0.508 e. The van der Waals surface area contributed by atoms with Crippen LogP contribution >= 0.6 is 0 Å². The van der Waals surface area contributed by atoms with E-state index >= 15 is 0 Å². The van der Waals surface area contributed by atoms with Gasteiger partial charge in [-0.05, 0) is 49.2 Å². The Morgan fingerprint density at radius 2 is 1.73 bits per heavy atom. The van der Waals surface area contributed by atoms with Gasteiger partial charge in [0.25, 0.3) is 0 Å². The van der Waals surface area contributed by atoms with Crippen LogP contribution in [-0.2, 0) is 9.53 Å². The van der Waals surface area contributed by atoms with E-state index in [1.165, 1.54) is 6.92 Å². The standard InChI is InChI=1S/C25H28O8/c1-4-16(8-5-15-6-11-18(26)12-7-15)17-9-13-19(14-10-17)32-22-20(27)21(28)25(3,31)33-24(22,2)23(29)30/h4-14,16,20-22,26-28,31H,1H2,2-3H3,(H,29,30)/b8-5-/t16?,20-,21?,22+,24?,25+/m1/s1. The van der Waals surface area contributed by atoms with Crippen LogP contribution in [0.25, 0.3) is 6.08 Å². The Morgan fingerprint density at radius 1 is 1.12 bits per heavy atom. The normalized spacial score (nSPS) is 30.6. The molecule has 3 unspecified atom stereocenters. The van der Waals surface area contributed by atoms with E-state index in [9.17, 15) is 30.3 Å². The molecule has 0 saturated carbocycles. The van der Waals surface area contributed by atoms with Crippen molar-refractivity contribution in [1.82, 2.24) is 0 Å². The average molecular weight is 456 g/mol. The van der Waals surface area contributed by atoms with Crippen LogP contribution in [0.3, 0.4) is 0 Å². The molecule has 6 atom stereocenters. The van der Waals surface area contributed by atoms with Gasteiger partial charge in [0.05, 0.1) is 0 Å². The van der Waals surface area contributed by atoms with Crippen molar-refractivity contribution in [3.8, 4) is 11.5 Å². The number of allylic oxidation sites excluding steroid dienone is 2. The van der Waals surface area contributed by atoms with Gasteiger partial charge < -0.3 is 35.0 Å². The number of aliphatic hydroxyl groups is 3. The van der Waals surface area contributed by atoms with E-state index in [0.29, 0.717) is 0 Å². The van der Waals surface area contributed by atoms with E-state index in [4.69, 9.17) is 9.47 Å². The molecule has 1 aliphatic rings. The molecule has 2 aromatic carbocycles. The van der Waals surface area contributed by atoms with Crippen LogP contribution in [0, 0.1) is 0 Å². The molecular weight excluding hydrogens is 428 g/mol. The summed E-state index contributed by atoms with van der Waals surface area (Å²) in [6.45, 7) is 6.11. The summed E-state index contributed by atoms with van der Waals surface area (Å²) in [5, 5.41) is 49.9. The largest absolute Gasteiger partial charge is 0.508 e. The maximum atomic E-state index is 11.9. The molecule has 176 valence electrons. The lowest BCUT2D eigenvalue weighted by Gasteiger charge is -2.49. The topological polar surface area (TPSA) is 137 Å². The summed E-state index contributed by atoms with van der Waals surface area (Å²) in [5.41, 5.74) is -0.317. The fourth-order valence-corrected chi connectivity index (χ4v) is 3.74. The highest BCUT2D eigenvalue weighted by Gasteiger charge is 2.61. The highest BCUT2D eigenvalue weighted by atomic mass is 16.7. The van der Waals surface area contributed by atoms with Crippen molar-refractivity contribution in [2.24, 2.45) is 0 Å². The van der Waals surface area contributed by atoms with Gasteiger partial charge in [0.15, 0.2) is 11.9 Å². The zero-order valence-corrected chi connectivity index (χ0v) is 18.3. The highest BCUT2D eigenvalue weighted by Crippen LogP contribution is 2.37. The molecule has 0 spiro atoms. The third-order valence-electron chi connectivity index (χ3n) is 5.74. The molecule has 0 aromatic heterocycles. The van der Waals surface area contributed by atoms with E-state index in [0.717, 1.165) is 18.1 Å². The second-order valence-electron chi connectivity index (χ2n) is 8.32. The minimum absolute atomic E-state index is 0.127. The van der Waals surface area contributed by atoms with Gasteiger partial charge in [-0.2, -0.15) is 0 Å². The van der Waals surface area contributed by atoms with Gasteiger partial charge in [0.2, 0.25) is 5.60 Å². The number of carbonyl (C=O) groups is 1. The van der Waals surface area contributed by atoms with Crippen molar-refractivity contribution >= 4 is 12.0 Å². The van der Waals surface area contributed by atoms with Crippen molar-refractivity contribution in [1.29, 1.82) is 0 Å². The Kier molecular flexibility index (Phi) is 6.94. The summed E-state index contributed by atoms with van der Waals surface area (Å²) in [4.78, 5) is 11.9. The van der Waals surface area contributed by atoms with Gasteiger partial charge in [0.1, 0.15) is 23.7 Å². The number of ether oxygens (including phenoxy) is 2. The van der Waals surface area contributed by atoms with Gasteiger partial charge in [-0.1, -0.05) is 42.5 Å². The Labute approximate surface area is 191 Å². The molecule has 1 aliphatic heterocycles. The maximum absolute atomic E-state index is 11.9. The Bertz CT molecular complexity index is 1010. The van der Waals surface area contributed by atoms with E-state index in [1.807, 2.05) is 12.2 Å². The van der Waals surface area contributed by atoms with Crippen molar-refractivity contribution in [3.63, 3.8) is 0 Å². The monoisotopic (exact) mass is 456 g/mol. The predicted molar refractivity (Wildman–Crippen MR) is 121 cm³/mol. The molecule has 1 fully saturated rings. The van der Waals surface area contributed by atoms with Gasteiger partial charge in [0, 0.05) is 5.92 Å². The van der Waals surface area contributed by atoms with Crippen molar-refractivity contribution < 1.29 is 39.8 Å². The lowest BCUT2D eigenvalue weighted by atomic mass is 9.84. The van der Waals surface area contributed by atoms with Crippen LogP contribution in [0.1, 0.15) is 30.9 Å². The zero-order chi connectivity index (χ0) is 24.4. The van der Waals surface area contributed by atoms with Crippen molar-refractivity contribution in [3.05, 3.63) is 78.4 Å². The molecule has 1 saturated heterocycles. The zero-order valence-electron chi connectivity index (χ0n) is 18.3. The molecular formula is C25H28O8. The van der Waals surface area contributed by atoms with Gasteiger partial charge in [-0.25, -0.2) is 4.79 Å². The number of hydrogen-bond donors (Lipinski definition) is 5. The molecule has 0 amide bonds. The van der Waals surface area contributed by atoms with Crippen LogP contribution in [-0.4, -0.2) is 61.2 Å². The van der Waals surface area contributed by atoms with Crippen LogP contribution in [0.5, 0.6) is 11.5 Å². The average Bonchev–Trinajstić information content (AvgIpc) is 2.77. The summed E-state index contributed by atoms with van der Waals surface area (Å²) in [7, 11) is 0. The molecule has 33 heavy (non-hydrogen) atoms. The summed E-state index contributed by atoms with van der Waals surface area (Å²) < 4.78 is 11.0. The Balaban J connectivity index is 1.79. The second kappa shape index (κ2) is 9.36. The number of carboxylic acid groups (broad SMARTS) is 1. The molecule has 5 N–H and O–H groups in total. The number of aromatic hydroxyl groups is 1. The van der Waals surface area contributed by atoms with Crippen molar-refractivity contribution in [2.75, 3.05) is 0 Å². The molecule has 1 heterocycles. The van der Waals surface area contributed by atoms with E-state index in [-0.39, 0.29) is 17.4 Å². The first-order valence-corrected chi connectivity index (χ1v) is 10.4. The first kappa shape index (κ1) is 24.5. The van der Waals surface area contributed by atoms with E-state index in [2.05, 4.69) is 6.58 Å². The fourth-order valence-electron chi connectivity index (χ4n) is 3.74. The Morgan fingerprint density at radius 3 is 2.27 bits per heavy atom. The lowest BCUT2D eigenvalue weighted by molar-refractivity contribution is -0.356. The molecule has 8 nitrogen and oxygen atoms in total. The van der Waals surface area contributed by atoms with Crippen LogP contribution in [0.2, 0.25) is 0 Å². The van der Waals surface area contributed by atoms with Gasteiger partial charge >= 0.3 is 5.97 Å². The van der Waals surface area contributed by atoms with Crippen LogP contribution < -0.4 is 4.74 Å². The highest BCUT2D eigenvalue weighted by molar-refractivity contribution is 5.78. The molecule has 0 radical (unpaired) electrons. The molecule has 2 aromatic rings. The van der Waals surface area contributed by atoms with Crippen LogP contribution in [0.4, 0.5) is 0 Å². The lowest BCUT2D eigenvalue weighted by Crippen LogP contribution is -2.71. The number of rotatable bonds is 7. The summed E-state index contributed by atoms with van der Waals surface area (Å²) >= 11 is 0. The van der Waals surface area contributed by atoms with E-state index in [1.54, 1.807) is 54.6 Å². The number of phenols is 1. The third-order valence-corrected chi connectivity index (χ3v) is 5.74. The molecule has 3 rings (SSSR count). The quantitative estimate of drug-likeness (QED) is 0.401. The molecule has 0 aliphatic carbocycles. The summed E-state index contributed by atoms with van der Waals surface area (Å²) in [5.74, 6) is -3.42. The second-order valence-corrected chi connectivity index (χ2v) is 8.32. The molecule has 8 heteroatoms. The summed E-state index contributed by atoms with van der Waals surface area (Å²) in [6, 6.07) is 13.5. The van der Waals surface area contributed by atoms with Gasteiger partial charge in [-0.3, -0.25) is 0 Å².